The number of hydrogen-bond donors (Lipinski definition) is 2. The highest BCUT2D eigenvalue weighted by atomic mass is 16.5. The third kappa shape index (κ3) is 4.88. The van der Waals surface area contributed by atoms with Crippen molar-refractivity contribution in [3.63, 3.8) is 0 Å². The number of benzene rings is 2. The number of methoxy groups -OCH3 is 1. The molecule has 142 valence electrons. The van der Waals surface area contributed by atoms with Crippen LogP contribution in [0.5, 0.6) is 5.75 Å². The molecule has 2 unspecified atom stereocenters. The summed E-state index contributed by atoms with van der Waals surface area (Å²) in [6, 6.07) is 13.7. The average molecular weight is 366 g/mol. The van der Waals surface area contributed by atoms with Gasteiger partial charge in [-0.2, -0.15) is 0 Å². The molecule has 2 atom stereocenters. The van der Waals surface area contributed by atoms with Crippen LogP contribution in [-0.2, 0) is 16.0 Å². The monoisotopic (exact) mass is 366 g/mol. The molecular formula is C22H26N2O3. The minimum Gasteiger partial charge on any atom is -0.497 e. The van der Waals surface area contributed by atoms with E-state index in [-0.39, 0.29) is 23.7 Å². The number of aryl methyl sites for hydroxylation is 2. The summed E-state index contributed by atoms with van der Waals surface area (Å²) in [4.78, 5) is 24.6. The van der Waals surface area contributed by atoms with Gasteiger partial charge >= 0.3 is 0 Å². The van der Waals surface area contributed by atoms with E-state index in [0.29, 0.717) is 13.0 Å². The van der Waals surface area contributed by atoms with Crippen molar-refractivity contribution < 1.29 is 14.3 Å². The number of carbonyl (C=O) groups excluding carboxylic acids is 2. The van der Waals surface area contributed by atoms with Gasteiger partial charge in [0.1, 0.15) is 5.75 Å². The first-order chi connectivity index (χ1) is 13.0. The van der Waals surface area contributed by atoms with Crippen LogP contribution < -0.4 is 15.4 Å². The van der Waals surface area contributed by atoms with Crippen LogP contribution >= 0.6 is 0 Å². The molecule has 1 aliphatic rings. The Bertz CT molecular complexity index is 830. The first kappa shape index (κ1) is 19.0. The molecule has 0 radical (unpaired) electrons. The molecule has 5 heteroatoms. The average Bonchev–Trinajstić information content (AvgIpc) is 3.45. The van der Waals surface area contributed by atoms with Crippen LogP contribution in [0.2, 0.25) is 0 Å². The Morgan fingerprint density at radius 3 is 2.41 bits per heavy atom. The summed E-state index contributed by atoms with van der Waals surface area (Å²) in [5.74, 6) is 0.262. The number of carbonyl (C=O) groups is 2. The van der Waals surface area contributed by atoms with Gasteiger partial charge in [-0.05, 0) is 56.0 Å². The largest absolute Gasteiger partial charge is 0.497 e. The summed E-state index contributed by atoms with van der Waals surface area (Å²) in [5.41, 5.74) is 4.14. The van der Waals surface area contributed by atoms with Crippen molar-refractivity contribution in [2.45, 2.75) is 26.7 Å². The molecule has 1 fully saturated rings. The molecule has 0 heterocycles. The number of amides is 2. The van der Waals surface area contributed by atoms with Crippen molar-refractivity contribution >= 4 is 17.5 Å². The van der Waals surface area contributed by atoms with Crippen molar-refractivity contribution in [1.29, 1.82) is 0 Å². The molecule has 27 heavy (non-hydrogen) atoms. The van der Waals surface area contributed by atoms with Crippen molar-refractivity contribution in [3.8, 4) is 5.75 Å². The highest BCUT2D eigenvalue weighted by Crippen LogP contribution is 2.39. The molecule has 2 aromatic rings. The van der Waals surface area contributed by atoms with Gasteiger partial charge in [0, 0.05) is 12.2 Å². The van der Waals surface area contributed by atoms with Gasteiger partial charge in [-0.3, -0.25) is 9.59 Å². The van der Waals surface area contributed by atoms with Gasteiger partial charge in [0.2, 0.25) is 11.8 Å². The fourth-order valence-corrected chi connectivity index (χ4v) is 3.21. The van der Waals surface area contributed by atoms with Crippen LogP contribution in [-0.4, -0.2) is 25.5 Å². The molecule has 0 aromatic heterocycles. The van der Waals surface area contributed by atoms with Crippen LogP contribution in [0.25, 0.3) is 0 Å². The van der Waals surface area contributed by atoms with E-state index in [1.807, 2.05) is 56.3 Å². The van der Waals surface area contributed by atoms with Gasteiger partial charge in [-0.25, -0.2) is 0 Å². The molecule has 2 amide bonds. The smallest absolute Gasteiger partial charge is 0.228 e. The molecule has 0 saturated heterocycles. The molecule has 2 N–H and O–H groups in total. The van der Waals surface area contributed by atoms with Crippen LogP contribution in [0.1, 0.15) is 23.1 Å². The van der Waals surface area contributed by atoms with Crippen molar-refractivity contribution in [2.75, 3.05) is 19.0 Å². The number of rotatable bonds is 7. The second kappa shape index (κ2) is 8.25. The van der Waals surface area contributed by atoms with E-state index in [9.17, 15) is 9.59 Å². The lowest BCUT2D eigenvalue weighted by Gasteiger charge is -2.09. The first-order valence-corrected chi connectivity index (χ1v) is 9.26. The Kier molecular flexibility index (Phi) is 5.79. The van der Waals surface area contributed by atoms with Crippen molar-refractivity contribution in [3.05, 3.63) is 59.2 Å². The molecule has 5 nitrogen and oxygen atoms in total. The molecule has 0 bridgehead atoms. The van der Waals surface area contributed by atoms with Crippen LogP contribution in [0.15, 0.2) is 42.5 Å². The van der Waals surface area contributed by atoms with Gasteiger partial charge in [0.05, 0.1) is 18.9 Å². The molecule has 1 aliphatic carbocycles. The molecule has 2 aromatic carbocycles. The van der Waals surface area contributed by atoms with Gasteiger partial charge < -0.3 is 15.4 Å². The zero-order chi connectivity index (χ0) is 19.4. The van der Waals surface area contributed by atoms with Gasteiger partial charge in [0.25, 0.3) is 0 Å². The minimum atomic E-state index is -0.230. The SMILES string of the molecule is COc1ccc(CCNC(=O)C2CC2C(=O)Nc2ccc(C)cc2C)cc1. The molecule has 0 spiro atoms. The normalized spacial score (nSPS) is 17.9. The summed E-state index contributed by atoms with van der Waals surface area (Å²) in [6.45, 7) is 4.55. The Balaban J connectivity index is 1.43. The maximum atomic E-state index is 12.4. The maximum absolute atomic E-state index is 12.4. The predicted molar refractivity (Wildman–Crippen MR) is 106 cm³/mol. The second-order valence-electron chi connectivity index (χ2n) is 7.15. The van der Waals surface area contributed by atoms with E-state index < -0.39 is 0 Å². The Labute approximate surface area is 160 Å². The fraction of sp³-hybridized carbons (Fsp3) is 0.364. The van der Waals surface area contributed by atoms with E-state index in [4.69, 9.17) is 4.74 Å². The Hall–Kier alpha value is -2.82. The lowest BCUT2D eigenvalue weighted by atomic mass is 10.1. The number of ether oxygens (including phenoxy) is 1. The van der Waals surface area contributed by atoms with Gasteiger partial charge in [-0.1, -0.05) is 29.8 Å². The summed E-state index contributed by atoms with van der Waals surface area (Å²) in [6.07, 6.45) is 1.37. The van der Waals surface area contributed by atoms with Crippen LogP contribution in [0, 0.1) is 25.7 Å². The third-order valence-corrected chi connectivity index (χ3v) is 4.98. The summed E-state index contributed by atoms with van der Waals surface area (Å²) < 4.78 is 5.13. The zero-order valence-electron chi connectivity index (χ0n) is 16.0. The minimum absolute atomic E-state index is 0.0377. The number of anilines is 1. The summed E-state index contributed by atoms with van der Waals surface area (Å²) >= 11 is 0. The van der Waals surface area contributed by atoms with E-state index in [1.54, 1.807) is 7.11 Å². The Morgan fingerprint density at radius 2 is 1.74 bits per heavy atom. The second-order valence-corrected chi connectivity index (χ2v) is 7.15. The molecule has 3 rings (SSSR count). The van der Waals surface area contributed by atoms with Crippen molar-refractivity contribution in [1.82, 2.24) is 5.32 Å². The maximum Gasteiger partial charge on any atom is 0.228 e. The third-order valence-electron chi connectivity index (χ3n) is 4.98. The van der Waals surface area contributed by atoms with Gasteiger partial charge in [-0.15, -0.1) is 0 Å². The number of nitrogens with one attached hydrogen (secondary N) is 2. The van der Waals surface area contributed by atoms with Gasteiger partial charge in [0.15, 0.2) is 0 Å². The lowest BCUT2D eigenvalue weighted by Crippen LogP contribution is -2.29. The van der Waals surface area contributed by atoms with Crippen molar-refractivity contribution in [2.24, 2.45) is 11.8 Å². The Morgan fingerprint density at radius 1 is 1.04 bits per heavy atom. The predicted octanol–water partition coefficient (Wildman–Crippen LogP) is 3.25. The lowest BCUT2D eigenvalue weighted by molar-refractivity contribution is -0.125. The quantitative estimate of drug-likeness (QED) is 0.790. The molecule has 0 aliphatic heterocycles. The summed E-state index contributed by atoms with van der Waals surface area (Å²) in [5, 5.41) is 5.89. The van der Waals surface area contributed by atoms with E-state index in [0.717, 1.165) is 34.5 Å². The van der Waals surface area contributed by atoms with E-state index >= 15 is 0 Å². The standard InChI is InChI=1S/C22H26N2O3/c1-14-4-9-20(15(2)12-14)24-22(26)19-13-18(19)21(25)23-11-10-16-5-7-17(27-3)8-6-16/h4-9,12,18-19H,10-11,13H2,1-3H3,(H,23,25)(H,24,26). The number of hydrogen-bond acceptors (Lipinski definition) is 3. The first-order valence-electron chi connectivity index (χ1n) is 9.26. The van der Waals surface area contributed by atoms with E-state index in [2.05, 4.69) is 10.6 Å². The summed E-state index contributed by atoms with van der Waals surface area (Å²) in [7, 11) is 1.64. The molecule has 1 saturated carbocycles. The van der Waals surface area contributed by atoms with Crippen LogP contribution in [0.3, 0.4) is 0 Å². The topological polar surface area (TPSA) is 67.4 Å². The zero-order valence-corrected chi connectivity index (χ0v) is 16.0. The highest BCUT2D eigenvalue weighted by Gasteiger charge is 2.47. The van der Waals surface area contributed by atoms with Crippen LogP contribution in [0.4, 0.5) is 5.69 Å². The van der Waals surface area contributed by atoms with E-state index in [1.165, 1.54) is 0 Å². The highest BCUT2D eigenvalue weighted by molar-refractivity contribution is 5.99. The molecular weight excluding hydrogens is 340 g/mol. The fourth-order valence-electron chi connectivity index (χ4n) is 3.21.